The Bertz CT molecular complexity index is 1000. The molecule has 150 valence electrons. The first-order valence-corrected chi connectivity index (χ1v) is 9.03. The molecule has 8 heteroatoms. The Morgan fingerprint density at radius 1 is 1.17 bits per heavy atom. The third kappa shape index (κ3) is 3.69. The topological polar surface area (TPSA) is 95.1 Å². The second-order valence-corrected chi connectivity index (χ2v) is 6.58. The van der Waals surface area contributed by atoms with Crippen LogP contribution >= 0.6 is 0 Å². The number of fused-ring (bicyclic) bond motifs is 1. The maximum absolute atomic E-state index is 12.9. The molecule has 2 aromatic rings. The molecule has 2 aliphatic rings. The molecule has 2 amide bonds. The molecule has 8 nitrogen and oxygen atoms in total. The van der Waals surface area contributed by atoms with Crippen LogP contribution in [-0.2, 0) is 16.1 Å². The van der Waals surface area contributed by atoms with Crippen molar-refractivity contribution in [1.82, 2.24) is 10.6 Å². The molecule has 0 aromatic heterocycles. The molecule has 4 rings (SSSR count). The number of para-hydroxylation sites is 1. The number of amides is 2. The van der Waals surface area contributed by atoms with Gasteiger partial charge in [0.25, 0.3) is 0 Å². The van der Waals surface area contributed by atoms with Crippen LogP contribution in [-0.4, -0.2) is 25.9 Å². The fraction of sp³-hybridized carbons (Fsp3) is 0.238. The van der Waals surface area contributed by atoms with Gasteiger partial charge < -0.3 is 29.6 Å². The Labute approximate surface area is 167 Å². The summed E-state index contributed by atoms with van der Waals surface area (Å²) in [6.07, 6.45) is 0. The first-order valence-electron chi connectivity index (χ1n) is 9.03. The van der Waals surface area contributed by atoms with Crippen molar-refractivity contribution in [3.63, 3.8) is 0 Å². The molecule has 2 aliphatic heterocycles. The van der Waals surface area contributed by atoms with E-state index in [4.69, 9.17) is 18.9 Å². The lowest BCUT2D eigenvalue weighted by atomic mass is 9.95. The quantitative estimate of drug-likeness (QED) is 0.755. The van der Waals surface area contributed by atoms with Crippen molar-refractivity contribution in [2.45, 2.75) is 19.6 Å². The molecule has 0 saturated heterocycles. The smallest absolute Gasteiger partial charge is 0.338 e. The lowest BCUT2D eigenvalue weighted by Crippen LogP contribution is -2.45. The number of benzene rings is 2. The molecule has 2 N–H and O–H groups in total. The minimum atomic E-state index is -0.691. The molecule has 0 bridgehead atoms. The first kappa shape index (κ1) is 18.7. The zero-order valence-electron chi connectivity index (χ0n) is 16.0. The van der Waals surface area contributed by atoms with E-state index < -0.39 is 18.0 Å². The van der Waals surface area contributed by atoms with E-state index in [0.717, 1.165) is 5.56 Å². The van der Waals surface area contributed by atoms with Crippen LogP contribution in [0.5, 0.6) is 17.2 Å². The third-order valence-corrected chi connectivity index (χ3v) is 4.75. The summed E-state index contributed by atoms with van der Waals surface area (Å²) in [5, 5.41) is 5.41. The number of esters is 1. The number of methoxy groups -OCH3 is 1. The highest BCUT2D eigenvalue weighted by Crippen LogP contribution is 2.35. The fourth-order valence-electron chi connectivity index (χ4n) is 3.36. The highest BCUT2D eigenvalue weighted by Gasteiger charge is 2.33. The van der Waals surface area contributed by atoms with E-state index in [2.05, 4.69) is 10.6 Å². The van der Waals surface area contributed by atoms with Gasteiger partial charge in [-0.15, -0.1) is 0 Å². The molecule has 2 heterocycles. The van der Waals surface area contributed by atoms with Crippen LogP contribution < -0.4 is 24.8 Å². The molecule has 0 spiro atoms. The van der Waals surface area contributed by atoms with E-state index in [1.165, 1.54) is 7.11 Å². The van der Waals surface area contributed by atoms with Gasteiger partial charge in [0.05, 0.1) is 18.7 Å². The normalized spacial score (nSPS) is 17.4. The molecular formula is C21H20N2O6. The second-order valence-electron chi connectivity index (χ2n) is 6.58. The van der Waals surface area contributed by atoms with E-state index in [-0.39, 0.29) is 13.4 Å². The predicted octanol–water partition coefficient (Wildman–Crippen LogP) is 2.80. The number of nitrogens with one attached hydrogen (secondary N) is 2. The zero-order chi connectivity index (χ0) is 20.4. The van der Waals surface area contributed by atoms with Crippen molar-refractivity contribution in [2.75, 3.05) is 13.9 Å². The molecule has 1 atom stereocenters. The largest absolute Gasteiger partial charge is 0.496 e. The first-order chi connectivity index (χ1) is 14.1. The van der Waals surface area contributed by atoms with Crippen molar-refractivity contribution in [3.05, 3.63) is 64.9 Å². The lowest BCUT2D eigenvalue weighted by Gasteiger charge is -2.29. The number of urea groups is 1. The standard InChI is InChI=1S/C21H20N2O6/c1-12-18(19(23-21(25)22-12)14-5-3-4-6-15(14)26-2)20(24)27-10-13-7-8-16-17(9-13)29-11-28-16/h3-9,19H,10-11H2,1-2H3,(H2,22,23,25). The van der Waals surface area contributed by atoms with Crippen LogP contribution in [0.15, 0.2) is 53.7 Å². The molecule has 29 heavy (non-hydrogen) atoms. The van der Waals surface area contributed by atoms with Crippen molar-refractivity contribution in [1.29, 1.82) is 0 Å². The summed E-state index contributed by atoms with van der Waals surface area (Å²) in [7, 11) is 1.54. The van der Waals surface area contributed by atoms with Crippen molar-refractivity contribution in [3.8, 4) is 17.2 Å². The molecule has 0 radical (unpaired) electrons. The Morgan fingerprint density at radius 3 is 2.79 bits per heavy atom. The van der Waals surface area contributed by atoms with Gasteiger partial charge in [0.1, 0.15) is 12.4 Å². The van der Waals surface area contributed by atoms with Crippen LogP contribution in [0.1, 0.15) is 24.1 Å². The maximum Gasteiger partial charge on any atom is 0.338 e. The SMILES string of the molecule is COc1ccccc1C1NC(=O)NC(C)=C1C(=O)OCc1ccc2c(c1)OCO2. The summed E-state index contributed by atoms with van der Waals surface area (Å²) in [5.41, 5.74) is 2.18. The van der Waals surface area contributed by atoms with Crippen LogP contribution in [0.3, 0.4) is 0 Å². The van der Waals surface area contributed by atoms with E-state index in [1.807, 2.05) is 12.1 Å². The van der Waals surface area contributed by atoms with Gasteiger partial charge in [0.2, 0.25) is 6.79 Å². The Morgan fingerprint density at radius 2 is 1.97 bits per heavy atom. The maximum atomic E-state index is 12.9. The van der Waals surface area contributed by atoms with Gasteiger partial charge in [0.15, 0.2) is 11.5 Å². The number of rotatable bonds is 5. The molecular weight excluding hydrogens is 376 g/mol. The number of hydrogen-bond donors (Lipinski definition) is 2. The fourth-order valence-corrected chi connectivity index (χ4v) is 3.36. The average Bonchev–Trinajstić information content (AvgIpc) is 3.19. The van der Waals surface area contributed by atoms with Gasteiger partial charge in [-0.25, -0.2) is 9.59 Å². The number of carbonyl (C=O) groups is 2. The average molecular weight is 396 g/mol. The highest BCUT2D eigenvalue weighted by atomic mass is 16.7. The van der Waals surface area contributed by atoms with Crippen LogP contribution in [0.2, 0.25) is 0 Å². The van der Waals surface area contributed by atoms with Crippen molar-refractivity contribution >= 4 is 12.0 Å². The highest BCUT2D eigenvalue weighted by molar-refractivity contribution is 5.95. The third-order valence-electron chi connectivity index (χ3n) is 4.75. The van der Waals surface area contributed by atoms with Crippen LogP contribution in [0, 0.1) is 0 Å². The summed E-state index contributed by atoms with van der Waals surface area (Å²) in [5.74, 6) is 1.30. The molecule has 0 saturated carbocycles. The predicted molar refractivity (Wildman–Crippen MR) is 102 cm³/mol. The van der Waals surface area contributed by atoms with E-state index in [9.17, 15) is 9.59 Å². The number of hydrogen-bond acceptors (Lipinski definition) is 6. The Kier molecular flexibility index (Phi) is 4.99. The zero-order valence-corrected chi connectivity index (χ0v) is 16.0. The van der Waals surface area contributed by atoms with Crippen molar-refractivity contribution < 1.29 is 28.5 Å². The van der Waals surface area contributed by atoms with Gasteiger partial charge in [-0.1, -0.05) is 24.3 Å². The summed E-state index contributed by atoms with van der Waals surface area (Å²) < 4.78 is 21.6. The van der Waals surface area contributed by atoms with Gasteiger partial charge in [-0.2, -0.15) is 0 Å². The van der Waals surface area contributed by atoms with Crippen LogP contribution in [0.4, 0.5) is 4.79 Å². The Balaban J connectivity index is 1.57. The minimum absolute atomic E-state index is 0.0544. The number of carbonyl (C=O) groups excluding carboxylic acids is 2. The van der Waals surface area contributed by atoms with E-state index in [0.29, 0.717) is 34.1 Å². The minimum Gasteiger partial charge on any atom is -0.496 e. The summed E-state index contributed by atoms with van der Waals surface area (Å²) in [6, 6.07) is 11.5. The van der Waals surface area contributed by atoms with Crippen molar-refractivity contribution in [2.24, 2.45) is 0 Å². The van der Waals surface area contributed by atoms with E-state index >= 15 is 0 Å². The molecule has 1 unspecified atom stereocenters. The van der Waals surface area contributed by atoms with Gasteiger partial charge in [-0.05, 0) is 30.7 Å². The molecule has 0 aliphatic carbocycles. The second kappa shape index (κ2) is 7.75. The van der Waals surface area contributed by atoms with E-state index in [1.54, 1.807) is 37.3 Å². The summed E-state index contributed by atoms with van der Waals surface area (Å²) >= 11 is 0. The van der Waals surface area contributed by atoms with Gasteiger partial charge in [0, 0.05) is 11.3 Å². The monoisotopic (exact) mass is 396 g/mol. The number of ether oxygens (including phenoxy) is 4. The van der Waals surface area contributed by atoms with Gasteiger partial charge >= 0.3 is 12.0 Å². The lowest BCUT2D eigenvalue weighted by molar-refractivity contribution is -0.140. The number of allylic oxidation sites excluding steroid dienone is 1. The Hall–Kier alpha value is -3.68. The molecule has 2 aromatic carbocycles. The van der Waals surface area contributed by atoms with Gasteiger partial charge in [-0.3, -0.25) is 0 Å². The summed E-state index contributed by atoms with van der Waals surface area (Å²) in [6.45, 7) is 1.90. The molecule has 0 fully saturated rings. The van der Waals surface area contributed by atoms with Crippen LogP contribution in [0.25, 0.3) is 0 Å². The summed E-state index contributed by atoms with van der Waals surface area (Å²) in [4.78, 5) is 25.0.